The Morgan fingerprint density at radius 1 is 1.21 bits per heavy atom. The van der Waals surface area contributed by atoms with Gasteiger partial charge in [-0.05, 0) is 12.1 Å². The number of Topliss-reactive ketones (excluding diaryl/α,β-unsaturated/α-hetero) is 1. The third-order valence-electron chi connectivity index (χ3n) is 2.47. The number of carbonyl (C=O) groups is 2. The van der Waals surface area contributed by atoms with Gasteiger partial charge in [0.1, 0.15) is 0 Å². The molecule has 0 aliphatic rings. The molecule has 0 aliphatic heterocycles. The predicted molar refractivity (Wildman–Crippen MR) is 79.9 cm³/mol. The molecular formula is C14H16ClNO2S. The van der Waals surface area contributed by atoms with Crippen LogP contribution in [0.25, 0.3) is 0 Å². The van der Waals surface area contributed by atoms with Crippen molar-refractivity contribution in [1.29, 1.82) is 0 Å². The van der Waals surface area contributed by atoms with Gasteiger partial charge in [-0.2, -0.15) is 0 Å². The summed E-state index contributed by atoms with van der Waals surface area (Å²) in [4.78, 5) is 26.0. The summed E-state index contributed by atoms with van der Waals surface area (Å²) in [5.41, 5.74) is 0. The van der Waals surface area contributed by atoms with Crippen LogP contribution in [-0.2, 0) is 4.79 Å². The number of nitrogens with zero attached hydrogens (tertiary/aromatic N) is 1. The molecule has 3 nitrogen and oxygen atoms in total. The highest BCUT2D eigenvalue weighted by Gasteiger charge is 2.15. The Hall–Kier alpha value is -1.39. The lowest BCUT2D eigenvalue weighted by atomic mass is 10.2. The van der Waals surface area contributed by atoms with E-state index in [0.29, 0.717) is 22.3 Å². The molecule has 0 saturated heterocycles. The monoisotopic (exact) mass is 297 g/mol. The molecule has 0 aromatic carbocycles. The second kappa shape index (κ2) is 7.92. The van der Waals surface area contributed by atoms with Gasteiger partial charge in [0.2, 0.25) is 5.91 Å². The molecule has 0 fully saturated rings. The summed E-state index contributed by atoms with van der Waals surface area (Å²) in [5, 5.41) is 0. The first-order valence-electron chi connectivity index (χ1n) is 5.86. The molecule has 102 valence electrons. The fourth-order valence-electron chi connectivity index (χ4n) is 1.56. The second-order valence-corrected chi connectivity index (χ2v) is 5.62. The Morgan fingerprint density at radius 3 is 2.32 bits per heavy atom. The Kier molecular flexibility index (Phi) is 6.53. The maximum Gasteiger partial charge on any atom is 0.223 e. The molecular weight excluding hydrogens is 282 g/mol. The summed E-state index contributed by atoms with van der Waals surface area (Å²) < 4.78 is 0.578. The molecule has 0 saturated carbocycles. The number of halogens is 1. The highest BCUT2D eigenvalue weighted by atomic mass is 35.5. The highest BCUT2D eigenvalue weighted by Crippen LogP contribution is 2.23. The van der Waals surface area contributed by atoms with E-state index in [2.05, 4.69) is 13.2 Å². The molecule has 0 aliphatic carbocycles. The van der Waals surface area contributed by atoms with Crippen LogP contribution in [0.3, 0.4) is 0 Å². The van der Waals surface area contributed by atoms with E-state index in [-0.39, 0.29) is 24.5 Å². The molecule has 5 heteroatoms. The summed E-state index contributed by atoms with van der Waals surface area (Å²) in [6.07, 6.45) is 3.70. The number of amides is 1. The van der Waals surface area contributed by atoms with Crippen molar-refractivity contribution in [2.75, 3.05) is 13.1 Å². The maximum atomic E-state index is 11.9. The van der Waals surface area contributed by atoms with Gasteiger partial charge in [-0.15, -0.1) is 24.5 Å². The summed E-state index contributed by atoms with van der Waals surface area (Å²) in [5.74, 6) is -0.127. The molecule has 0 unspecified atom stereocenters. The van der Waals surface area contributed by atoms with Gasteiger partial charge in [0.25, 0.3) is 0 Å². The second-order valence-electron chi connectivity index (χ2n) is 3.90. The Bertz CT molecular complexity index is 472. The fraction of sp³-hybridized carbons (Fsp3) is 0.286. The molecule has 19 heavy (non-hydrogen) atoms. The third-order valence-corrected chi connectivity index (χ3v) is 3.74. The zero-order valence-corrected chi connectivity index (χ0v) is 12.2. The van der Waals surface area contributed by atoms with Crippen molar-refractivity contribution in [3.05, 3.63) is 46.7 Å². The maximum absolute atomic E-state index is 11.9. The minimum Gasteiger partial charge on any atom is -0.335 e. The molecule has 0 spiro atoms. The molecule has 1 heterocycles. The third kappa shape index (κ3) is 5.01. The zero-order chi connectivity index (χ0) is 14.3. The first-order valence-corrected chi connectivity index (χ1v) is 7.06. The van der Waals surface area contributed by atoms with Crippen LogP contribution in [0.15, 0.2) is 37.4 Å². The first kappa shape index (κ1) is 15.7. The van der Waals surface area contributed by atoms with E-state index in [1.807, 2.05) is 0 Å². The SMILES string of the molecule is C=CCN(CC=C)C(=O)CCC(=O)c1ccc(Cl)s1. The lowest BCUT2D eigenvalue weighted by Crippen LogP contribution is -2.31. The van der Waals surface area contributed by atoms with Crippen molar-refractivity contribution in [1.82, 2.24) is 4.90 Å². The van der Waals surface area contributed by atoms with Crippen LogP contribution in [-0.4, -0.2) is 29.7 Å². The van der Waals surface area contributed by atoms with Crippen LogP contribution >= 0.6 is 22.9 Å². The van der Waals surface area contributed by atoms with Gasteiger partial charge >= 0.3 is 0 Å². The zero-order valence-electron chi connectivity index (χ0n) is 10.6. The van der Waals surface area contributed by atoms with Crippen molar-refractivity contribution in [2.45, 2.75) is 12.8 Å². The Balaban J connectivity index is 2.50. The van der Waals surface area contributed by atoms with Crippen LogP contribution in [0, 0.1) is 0 Å². The fourth-order valence-corrected chi connectivity index (χ4v) is 2.57. The summed E-state index contributed by atoms with van der Waals surface area (Å²) >= 11 is 7.00. The van der Waals surface area contributed by atoms with Crippen molar-refractivity contribution < 1.29 is 9.59 Å². The van der Waals surface area contributed by atoms with Gasteiger partial charge in [-0.1, -0.05) is 23.8 Å². The lowest BCUT2D eigenvalue weighted by molar-refractivity contribution is -0.130. The smallest absolute Gasteiger partial charge is 0.223 e. The lowest BCUT2D eigenvalue weighted by Gasteiger charge is -2.18. The van der Waals surface area contributed by atoms with E-state index in [4.69, 9.17) is 11.6 Å². The number of rotatable bonds is 8. The molecule has 0 radical (unpaired) electrons. The first-order chi connectivity index (χ1) is 9.08. The van der Waals surface area contributed by atoms with Crippen molar-refractivity contribution in [3.8, 4) is 0 Å². The topological polar surface area (TPSA) is 37.4 Å². The Labute approximate surface area is 122 Å². The number of thiophene rings is 1. The molecule has 1 aromatic rings. The quantitative estimate of drug-likeness (QED) is 0.543. The van der Waals surface area contributed by atoms with E-state index < -0.39 is 0 Å². The van der Waals surface area contributed by atoms with Crippen LogP contribution in [0.1, 0.15) is 22.5 Å². The van der Waals surface area contributed by atoms with Crippen molar-refractivity contribution in [2.24, 2.45) is 0 Å². The molecule has 1 aromatic heterocycles. The molecule has 1 rings (SSSR count). The predicted octanol–water partition coefficient (Wildman–Crippen LogP) is 3.57. The van der Waals surface area contributed by atoms with E-state index in [9.17, 15) is 9.59 Å². The van der Waals surface area contributed by atoms with Gasteiger partial charge in [-0.3, -0.25) is 9.59 Å². The van der Waals surface area contributed by atoms with Gasteiger partial charge in [0.15, 0.2) is 5.78 Å². The summed E-state index contributed by atoms with van der Waals surface area (Å²) in [7, 11) is 0. The van der Waals surface area contributed by atoms with Crippen molar-refractivity contribution >= 4 is 34.6 Å². The number of carbonyl (C=O) groups excluding carboxylic acids is 2. The average molecular weight is 298 g/mol. The van der Waals surface area contributed by atoms with E-state index in [1.165, 1.54) is 11.3 Å². The summed E-state index contributed by atoms with van der Waals surface area (Å²) in [6, 6.07) is 3.37. The highest BCUT2D eigenvalue weighted by molar-refractivity contribution is 7.18. The Morgan fingerprint density at radius 2 is 1.84 bits per heavy atom. The molecule has 0 N–H and O–H groups in total. The van der Waals surface area contributed by atoms with Crippen molar-refractivity contribution in [3.63, 3.8) is 0 Å². The number of ketones is 1. The van der Waals surface area contributed by atoms with E-state index >= 15 is 0 Å². The van der Waals surface area contributed by atoms with Gasteiger partial charge in [0.05, 0.1) is 9.21 Å². The van der Waals surface area contributed by atoms with E-state index in [1.54, 1.807) is 29.2 Å². The number of hydrogen-bond donors (Lipinski definition) is 0. The average Bonchev–Trinajstić information content (AvgIpc) is 2.82. The largest absolute Gasteiger partial charge is 0.335 e. The summed E-state index contributed by atoms with van der Waals surface area (Å²) in [6.45, 7) is 8.13. The minimum atomic E-state index is -0.0733. The normalized spacial score (nSPS) is 9.95. The van der Waals surface area contributed by atoms with Crippen LogP contribution in [0.4, 0.5) is 0 Å². The van der Waals surface area contributed by atoms with Crippen LogP contribution < -0.4 is 0 Å². The minimum absolute atomic E-state index is 0.0533. The van der Waals surface area contributed by atoms with E-state index in [0.717, 1.165) is 0 Å². The van der Waals surface area contributed by atoms with Crippen LogP contribution in [0.2, 0.25) is 4.34 Å². The van der Waals surface area contributed by atoms with Gasteiger partial charge in [-0.25, -0.2) is 0 Å². The molecule has 0 bridgehead atoms. The standard InChI is InChI=1S/C14H16ClNO2S/c1-3-9-16(10-4-2)14(18)8-5-11(17)12-6-7-13(15)19-12/h3-4,6-7H,1-2,5,8-10H2. The molecule has 0 atom stereocenters. The number of hydrogen-bond acceptors (Lipinski definition) is 3. The van der Waals surface area contributed by atoms with Gasteiger partial charge in [0, 0.05) is 25.9 Å². The van der Waals surface area contributed by atoms with Gasteiger partial charge < -0.3 is 4.90 Å². The molecule has 1 amide bonds. The van der Waals surface area contributed by atoms with Crippen LogP contribution in [0.5, 0.6) is 0 Å².